The molecule has 18 heavy (non-hydrogen) atoms. The number of nitrogens with one attached hydrogen (secondary N) is 1. The van der Waals surface area contributed by atoms with Crippen molar-refractivity contribution >= 4 is 21.8 Å². The second-order valence-corrected chi connectivity index (χ2v) is 5.44. The van der Waals surface area contributed by atoms with Crippen molar-refractivity contribution in [2.45, 2.75) is 31.5 Å². The highest BCUT2D eigenvalue weighted by Gasteiger charge is 2.19. The zero-order valence-corrected chi connectivity index (χ0v) is 12.0. The van der Waals surface area contributed by atoms with E-state index in [0.717, 1.165) is 18.9 Å². The smallest absolute Gasteiger partial charge is 0.257 e. The molecular formula is C13H16BrF2NO. The molecule has 0 aliphatic carbocycles. The fourth-order valence-electron chi connectivity index (χ4n) is 1.57. The van der Waals surface area contributed by atoms with Gasteiger partial charge in [-0.15, -0.1) is 0 Å². The summed E-state index contributed by atoms with van der Waals surface area (Å²) in [6.07, 6.45) is 1.86. The fraction of sp³-hybridized carbons (Fsp3) is 0.462. The summed E-state index contributed by atoms with van der Waals surface area (Å²) in [4.78, 5) is 11.8. The molecule has 0 aliphatic rings. The first-order valence-electron chi connectivity index (χ1n) is 5.84. The predicted octanol–water partition coefficient (Wildman–Crippen LogP) is 3.57. The SMILES string of the molecule is CCCC(Br)CNC(=O)c1c(F)ccc(C)c1F. The molecule has 1 unspecified atom stereocenters. The molecule has 0 bridgehead atoms. The molecule has 0 fully saturated rings. The number of rotatable bonds is 5. The molecule has 0 heterocycles. The molecule has 0 radical (unpaired) electrons. The van der Waals surface area contributed by atoms with E-state index in [1.807, 2.05) is 6.92 Å². The largest absolute Gasteiger partial charge is 0.351 e. The number of amides is 1. The summed E-state index contributed by atoms with van der Waals surface area (Å²) in [5.41, 5.74) is -0.253. The Hall–Kier alpha value is -0.970. The molecule has 1 aromatic carbocycles. The van der Waals surface area contributed by atoms with Gasteiger partial charge in [-0.1, -0.05) is 35.3 Å². The van der Waals surface area contributed by atoms with Crippen LogP contribution in [0.4, 0.5) is 8.78 Å². The first-order chi connectivity index (χ1) is 8.47. The summed E-state index contributed by atoms with van der Waals surface area (Å²) in [7, 11) is 0. The van der Waals surface area contributed by atoms with Crippen LogP contribution in [0.1, 0.15) is 35.7 Å². The van der Waals surface area contributed by atoms with Gasteiger partial charge < -0.3 is 5.32 Å². The molecule has 1 N–H and O–H groups in total. The lowest BCUT2D eigenvalue weighted by molar-refractivity contribution is 0.0945. The van der Waals surface area contributed by atoms with Crippen LogP contribution < -0.4 is 5.32 Å². The molecule has 0 saturated heterocycles. The highest BCUT2D eigenvalue weighted by Crippen LogP contribution is 2.16. The minimum atomic E-state index is -0.836. The topological polar surface area (TPSA) is 29.1 Å². The maximum Gasteiger partial charge on any atom is 0.257 e. The number of halogens is 3. The van der Waals surface area contributed by atoms with E-state index in [-0.39, 0.29) is 10.4 Å². The molecule has 5 heteroatoms. The Labute approximate surface area is 114 Å². The Morgan fingerprint density at radius 3 is 2.72 bits per heavy atom. The average Bonchev–Trinajstić information content (AvgIpc) is 2.32. The number of carbonyl (C=O) groups excluding carboxylic acids is 1. The first kappa shape index (κ1) is 15.1. The van der Waals surface area contributed by atoms with Crippen molar-refractivity contribution in [2.75, 3.05) is 6.54 Å². The molecule has 2 nitrogen and oxygen atoms in total. The molecule has 1 atom stereocenters. The van der Waals surface area contributed by atoms with Crippen LogP contribution in [0.15, 0.2) is 12.1 Å². The molecule has 0 aliphatic heterocycles. The van der Waals surface area contributed by atoms with Gasteiger partial charge in [-0.2, -0.15) is 0 Å². The number of alkyl halides is 1. The summed E-state index contributed by atoms with van der Waals surface area (Å²) >= 11 is 3.39. The molecule has 1 aromatic rings. The zero-order valence-electron chi connectivity index (χ0n) is 10.4. The van der Waals surface area contributed by atoms with E-state index >= 15 is 0 Å². The number of hydrogen-bond acceptors (Lipinski definition) is 1. The van der Waals surface area contributed by atoms with E-state index in [1.165, 1.54) is 13.0 Å². The molecular weight excluding hydrogens is 304 g/mol. The average molecular weight is 320 g/mol. The zero-order chi connectivity index (χ0) is 13.7. The predicted molar refractivity (Wildman–Crippen MR) is 71.1 cm³/mol. The van der Waals surface area contributed by atoms with Crippen LogP contribution in [-0.4, -0.2) is 17.3 Å². The second-order valence-electron chi connectivity index (χ2n) is 4.15. The summed E-state index contributed by atoms with van der Waals surface area (Å²) in [6, 6.07) is 2.41. The van der Waals surface area contributed by atoms with Crippen molar-refractivity contribution in [3.8, 4) is 0 Å². The van der Waals surface area contributed by atoms with E-state index in [2.05, 4.69) is 21.2 Å². The van der Waals surface area contributed by atoms with Gasteiger partial charge >= 0.3 is 0 Å². The van der Waals surface area contributed by atoms with Crippen molar-refractivity contribution in [3.05, 3.63) is 34.9 Å². The van der Waals surface area contributed by atoms with Crippen LogP contribution in [0.2, 0.25) is 0 Å². The van der Waals surface area contributed by atoms with E-state index in [4.69, 9.17) is 0 Å². The first-order valence-corrected chi connectivity index (χ1v) is 6.75. The normalized spacial score (nSPS) is 12.3. The molecule has 1 rings (SSSR count). The molecule has 100 valence electrons. The van der Waals surface area contributed by atoms with Crippen LogP contribution in [0.3, 0.4) is 0 Å². The van der Waals surface area contributed by atoms with Crippen molar-refractivity contribution in [3.63, 3.8) is 0 Å². The van der Waals surface area contributed by atoms with Crippen LogP contribution in [-0.2, 0) is 0 Å². The minimum Gasteiger partial charge on any atom is -0.351 e. The molecule has 0 aromatic heterocycles. The standard InChI is InChI=1S/C13H16BrF2NO/c1-3-4-9(14)7-17-13(18)11-10(15)6-5-8(2)12(11)16/h5-6,9H,3-4,7H2,1-2H3,(H,17,18). The Balaban J connectivity index is 2.76. The third kappa shape index (κ3) is 3.77. The Morgan fingerprint density at radius 2 is 2.11 bits per heavy atom. The second kappa shape index (κ2) is 6.83. The van der Waals surface area contributed by atoms with Crippen molar-refractivity contribution in [1.29, 1.82) is 0 Å². The summed E-state index contributed by atoms with van der Waals surface area (Å²) in [5.74, 6) is -2.35. The lowest BCUT2D eigenvalue weighted by atomic mass is 10.1. The number of benzene rings is 1. The van der Waals surface area contributed by atoms with Crippen LogP contribution in [0.5, 0.6) is 0 Å². The van der Waals surface area contributed by atoms with Gasteiger partial charge in [0.25, 0.3) is 5.91 Å². The number of carbonyl (C=O) groups is 1. The molecule has 0 spiro atoms. The van der Waals surface area contributed by atoms with Gasteiger partial charge in [0.05, 0.1) is 0 Å². The quantitative estimate of drug-likeness (QED) is 0.826. The highest BCUT2D eigenvalue weighted by molar-refractivity contribution is 9.09. The van der Waals surface area contributed by atoms with Crippen LogP contribution in [0.25, 0.3) is 0 Å². The minimum absolute atomic E-state index is 0.113. The van der Waals surface area contributed by atoms with Crippen LogP contribution >= 0.6 is 15.9 Å². The summed E-state index contributed by atoms with van der Waals surface area (Å²) in [6.45, 7) is 3.87. The Morgan fingerprint density at radius 1 is 1.44 bits per heavy atom. The van der Waals surface area contributed by atoms with E-state index in [0.29, 0.717) is 6.54 Å². The lowest BCUT2D eigenvalue weighted by Gasteiger charge is -2.11. The lowest BCUT2D eigenvalue weighted by Crippen LogP contribution is -2.31. The van der Waals surface area contributed by atoms with Gasteiger partial charge in [-0.25, -0.2) is 8.78 Å². The van der Waals surface area contributed by atoms with Crippen molar-refractivity contribution < 1.29 is 13.6 Å². The maximum absolute atomic E-state index is 13.7. The Kier molecular flexibility index (Phi) is 5.72. The summed E-state index contributed by atoms with van der Waals surface area (Å²) in [5, 5.41) is 2.53. The Bertz CT molecular complexity index is 437. The van der Waals surface area contributed by atoms with Gasteiger partial charge in [0.15, 0.2) is 0 Å². The molecule has 0 saturated carbocycles. The third-order valence-corrected chi connectivity index (χ3v) is 3.38. The number of hydrogen-bond donors (Lipinski definition) is 1. The van der Waals surface area contributed by atoms with E-state index < -0.39 is 23.1 Å². The molecule has 1 amide bonds. The van der Waals surface area contributed by atoms with E-state index in [1.54, 1.807) is 0 Å². The van der Waals surface area contributed by atoms with Gasteiger partial charge in [-0.3, -0.25) is 4.79 Å². The van der Waals surface area contributed by atoms with Gasteiger partial charge in [0.1, 0.15) is 17.2 Å². The fourth-order valence-corrected chi connectivity index (χ4v) is 2.19. The van der Waals surface area contributed by atoms with Crippen molar-refractivity contribution in [1.82, 2.24) is 5.32 Å². The van der Waals surface area contributed by atoms with Gasteiger partial charge in [0, 0.05) is 11.4 Å². The number of aryl methyl sites for hydroxylation is 1. The highest BCUT2D eigenvalue weighted by atomic mass is 79.9. The van der Waals surface area contributed by atoms with Crippen molar-refractivity contribution in [2.24, 2.45) is 0 Å². The monoisotopic (exact) mass is 319 g/mol. The van der Waals surface area contributed by atoms with Gasteiger partial charge in [-0.05, 0) is 25.0 Å². The van der Waals surface area contributed by atoms with Gasteiger partial charge in [0.2, 0.25) is 0 Å². The summed E-state index contributed by atoms with van der Waals surface area (Å²) < 4.78 is 27.1. The van der Waals surface area contributed by atoms with Crippen LogP contribution in [0, 0.1) is 18.6 Å². The maximum atomic E-state index is 13.7. The van der Waals surface area contributed by atoms with E-state index in [9.17, 15) is 13.6 Å². The third-order valence-electron chi connectivity index (χ3n) is 2.60.